The van der Waals surface area contributed by atoms with Crippen LogP contribution in [0.5, 0.6) is 0 Å². The molecule has 0 fully saturated rings. The molecule has 0 unspecified atom stereocenters. The third kappa shape index (κ3) is 2.93. The smallest absolute Gasteiger partial charge is 0.424 e. The van der Waals surface area contributed by atoms with Gasteiger partial charge >= 0.3 is 18.0 Å². The largest absolute Gasteiger partial charge is 0.460 e. The summed E-state index contributed by atoms with van der Waals surface area (Å²) in [4.78, 5) is 23.4. The van der Waals surface area contributed by atoms with Gasteiger partial charge in [0.2, 0.25) is 0 Å². The van der Waals surface area contributed by atoms with Gasteiger partial charge in [-0.2, -0.15) is 13.2 Å². The minimum Gasteiger partial charge on any atom is -0.460 e. The molecule has 0 aromatic carbocycles. The van der Waals surface area contributed by atoms with Crippen molar-refractivity contribution >= 4 is 11.8 Å². The molecule has 1 aromatic heterocycles. The van der Waals surface area contributed by atoms with Crippen LogP contribution >= 0.6 is 0 Å². The van der Waals surface area contributed by atoms with Gasteiger partial charge in [-0.3, -0.25) is 0 Å². The van der Waals surface area contributed by atoms with E-state index in [4.69, 9.17) is 0 Å². The third-order valence-electron chi connectivity index (χ3n) is 1.84. The van der Waals surface area contributed by atoms with Crippen molar-refractivity contribution in [2.45, 2.75) is 13.1 Å². The maximum absolute atomic E-state index is 12.4. The number of halogens is 3. The fourth-order valence-corrected chi connectivity index (χ4v) is 1.13. The number of carbonyl (C=O) groups excluding carboxylic acids is 1. The summed E-state index contributed by atoms with van der Waals surface area (Å²) in [5.74, 6) is -2.44. The van der Waals surface area contributed by atoms with Gasteiger partial charge in [0.15, 0.2) is 5.56 Å². The van der Waals surface area contributed by atoms with E-state index in [0.717, 1.165) is 6.07 Å². The first kappa shape index (κ1) is 13.9. The minimum atomic E-state index is -4.91. The zero-order valence-corrected chi connectivity index (χ0v) is 9.02. The van der Waals surface area contributed by atoms with Gasteiger partial charge in [-0.05, 0) is 29.0 Å². The Balaban J connectivity index is 3.28. The van der Waals surface area contributed by atoms with Gasteiger partial charge < -0.3 is 14.9 Å². The van der Waals surface area contributed by atoms with Crippen LogP contribution in [-0.2, 0) is 10.9 Å². The van der Waals surface area contributed by atoms with Crippen molar-refractivity contribution in [2.24, 2.45) is 0 Å². The van der Waals surface area contributed by atoms with Crippen LogP contribution in [0, 0.1) is 10.1 Å². The number of aromatic nitrogens is 1. The lowest BCUT2D eigenvalue weighted by atomic mass is 10.2. The number of nitrogens with zero attached hydrogens (tertiary/aromatic N) is 2. The summed E-state index contributed by atoms with van der Waals surface area (Å²) in [6.07, 6.45) is -4.91. The van der Waals surface area contributed by atoms with E-state index in [0.29, 0.717) is 6.07 Å². The van der Waals surface area contributed by atoms with Crippen LogP contribution < -0.4 is 0 Å². The highest BCUT2D eigenvalue weighted by Gasteiger charge is 2.40. The third-order valence-corrected chi connectivity index (χ3v) is 1.84. The van der Waals surface area contributed by atoms with Crippen LogP contribution in [0.25, 0.3) is 0 Å². The average Bonchev–Trinajstić information content (AvgIpc) is 2.27. The number of rotatable bonds is 3. The highest BCUT2D eigenvalue weighted by Crippen LogP contribution is 2.34. The van der Waals surface area contributed by atoms with Crippen molar-refractivity contribution in [3.05, 3.63) is 33.5 Å². The van der Waals surface area contributed by atoms with E-state index in [1.54, 1.807) is 0 Å². The summed E-state index contributed by atoms with van der Waals surface area (Å²) >= 11 is 0. The molecule has 0 aliphatic rings. The fraction of sp³-hybridized carbons (Fsp3) is 0.333. The van der Waals surface area contributed by atoms with Crippen LogP contribution in [0.2, 0.25) is 0 Å². The summed E-state index contributed by atoms with van der Waals surface area (Å²) in [5.41, 5.74) is -2.06. The molecule has 0 aliphatic heterocycles. The monoisotopic (exact) mass is 264 g/mol. The molecule has 0 aliphatic carbocycles. The second-order valence-corrected chi connectivity index (χ2v) is 3.04. The molecule has 0 amide bonds. The average molecular weight is 264 g/mol. The lowest BCUT2D eigenvalue weighted by Crippen LogP contribution is -2.14. The molecule has 1 aromatic rings. The standard InChI is InChI=1S/C9H7F3N2O4/c1-2-18-8(15)6-4-3-5(9(10,11)12)7(13-6)14(16)17/h3-4H,2H2,1H3. The molecule has 0 saturated carbocycles. The molecular formula is C9H7F3N2O4. The maximum Gasteiger partial charge on any atom is 0.424 e. The highest BCUT2D eigenvalue weighted by atomic mass is 19.4. The van der Waals surface area contributed by atoms with Gasteiger partial charge in [0.25, 0.3) is 5.69 Å². The van der Waals surface area contributed by atoms with Gasteiger partial charge in [0, 0.05) is 0 Å². The Morgan fingerprint density at radius 1 is 1.50 bits per heavy atom. The lowest BCUT2D eigenvalue weighted by molar-refractivity contribution is -0.392. The number of ether oxygens (including phenoxy) is 1. The van der Waals surface area contributed by atoms with Crippen LogP contribution in [-0.4, -0.2) is 22.5 Å². The number of esters is 1. The van der Waals surface area contributed by atoms with E-state index in [2.05, 4.69) is 9.72 Å². The Kier molecular flexibility index (Phi) is 3.84. The molecule has 6 nitrogen and oxygen atoms in total. The quantitative estimate of drug-likeness (QED) is 0.474. The summed E-state index contributed by atoms with van der Waals surface area (Å²) < 4.78 is 41.8. The zero-order valence-electron chi connectivity index (χ0n) is 9.02. The van der Waals surface area contributed by atoms with E-state index in [1.165, 1.54) is 6.92 Å². The zero-order chi connectivity index (χ0) is 13.9. The Bertz CT molecular complexity index is 487. The SMILES string of the molecule is CCOC(=O)c1ccc(C(F)(F)F)c([N+](=O)[O-])n1. The first-order valence-electron chi connectivity index (χ1n) is 4.67. The summed E-state index contributed by atoms with van der Waals surface area (Å²) in [7, 11) is 0. The van der Waals surface area contributed by atoms with E-state index in [-0.39, 0.29) is 6.61 Å². The van der Waals surface area contributed by atoms with Crippen molar-refractivity contribution in [1.82, 2.24) is 4.98 Å². The summed E-state index contributed by atoms with van der Waals surface area (Å²) in [6.45, 7) is 1.46. The number of nitro groups is 1. The second kappa shape index (κ2) is 4.98. The maximum atomic E-state index is 12.4. The van der Waals surface area contributed by atoms with Gasteiger partial charge in [-0.1, -0.05) is 0 Å². The number of carbonyl (C=O) groups is 1. The second-order valence-electron chi connectivity index (χ2n) is 3.04. The summed E-state index contributed by atoms with van der Waals surface area (Å²) in [5, 5.41) is 10.5. The van der Waals surface area contributed by atoms with Crippen molar-refractivity contribution in [3.8, 4) is 0 Å². The van der Waals surface area contributed by atoms with E-state index in [9.17, 15) is 28.1 Å². The van der Waals surface area contributed by atoms with Gasteiger partial charge in [-0.15, -0.1) is 0 Å². The molecule has 0 N–H and O–H groups in total. The minimum absolute atomic E-state index is 0.0185. The Hall–Kier alpha value is -2.19. The molecule has 1 rings (SSSR count). The molecule has 1 heterocycles. The first-order valence-corrected chi connectivity index (χ1v) is 4.67. The van der Waals surface area contributed by atoms with Gasteiger partial charge in [-0.25, -0.2) is 4.79 Å². The number of alkyl halides is 3. The predicted molar refractivity (Wildman–Crippen MR) is 51.8 cm³/mol. The lowest BCUT2D eigenvalue weighted by Gasteiger charge is -2.06. The topological polar surface area (TPSA) is 82.3 Å². The number of pyridine rings is 1. The number of hydrogen-bond acceptors (Lipinski definition) is 5. The number of hydrogen-bond donors (Lipinski definition) is 0. The molecule has 0 saturated heterocycles. The van der Waals surface area contributed by atoms with Crippen LogP contribution in [0.4, 0.5) is 19.0 Å². The van der Waals surface area contributed by atoms with Crippen molar-refractivity contribution < 1.29 is 27.6 Å². The van der Waals surface area contributed by atoms with Crippen molar-refractivity contribution in [2.75, 3.05) is 6.61 Å². The molecule has 18 heavy (non-hydrogen) atoms. The summed E-state index contributed by atoms with van der Waals surface area (Å²) in [6, 6.07) is 1.16. The molecule has 0 bridgehead atoms. The molecular weight excluding hydrogens is 257 g/mol. The Morgan fingerprint density at radius 2 is 2.11 bits per heavy atom. The predicted octanol–water partition coefficient (Wildman–Crippen LogP) is 2.19. The van der Waals surface area contributed by atoms with Gasteiger partial charge in [0.05, 0.1) is 6.61 Å². The highest BCUT2D eigenvalue weighted by molar-refractivity contribution is 5.87. The van der Waals surface area contributed by atoms with Crippen molar-refractivity contribution in [3.63, 3.8) is 0 Å². The fourth-order valence-electron chi connectivity index (χ4n) is 1.13. The van der Waals surface area contributed by atoms with E-state index >= 15 is 0 Å². The molecule has 0 spiro atoms. The molecule has 0 radical (unpaired) electrons. The Labute approximate surface area is 98.5 Å². The van der Waals surface area contributed by atoms with Gasteiger partial charge in [0.1, 0.15) is 0 Å². The normalized spacial score (nSPS) is 11.1. The molecule has 9 heteroatoms. The molecule has 98 valence electrons. The Morgan fingerprint density at radius 3 is 2.56 bits per heavy atom. The molecule has 0 atom stereocenters. The van der Waals surface area contributed by atoms with Crippen LogP contribution in [0.15, 0.2) is 12.1 Å². The van der Waals surface area contributed by atoms with E-state index < -0.39 is 34.1 Å². The van der Waals surface area contributed by atoms with Crippen LogP contribution in [0.3, 0.4) is 0 Å². The van der Waals surface area contributed by atoms with Crippen molar-refractivity contribution in [1.29, 1.82) is 0 Å². The van der Waals surface area contributed by atoms with Crippen LogP contribution in [0.1, 0.15) is 23.0 Å². The first-order chi connectivity index (χ1) is 8.27. The van der Waals surface area contributed by atoms with E-state index in [1.807, 2.05) is 0 Å².